The van der Waals surface area contributed by atoms with E-state index >= 15 is 0 Å². The molecule has 8 heteroatoms. The molecule has 1 fully saturated rings. The van der Waals surface area contributed by atoms with Gasteiger partial charge in [-0.05, 0) is 37.9 Å². The molecule has 1 aliphatic rings. The Balaban J connectivity index is 1.80. The average Bonchev–Trinajstić information content (AvgIpc) is 2.47. The number of alkyl halides is 3. The highest BCUT2D eigenvalue weighted by molar-refractivity contribution is 5.26. The molecular weight excluding hydrogens is 297 g/mol. The summed E-state index contributed by atoms with van der Waals surface area (Å²) in [6, 6.07) is 0.816. The van der Waals surface area contributed by atoms with Crippen LogP contribution in [-0.2, 0) is 6.18 Å². The number of hydrogen-bond donors (Lipinski definition) is 2. The number of nitrogens with zero attached hydrogens (tertiary/aromatic N) is 3. The van der Waals surface area contributed by atoms with Gasteiger partial charge in [0.2, 0.25) is 5.95 Å². The van der Waals surface area contributed by atoms with E-state index in [9.17, 15) is 18.3 Å². The van der Waals surface area contributed by atoms with E-state index in [0.717, 1.165) is 38.2 Å². The van der Waals surface area contributed by atoms with Gasteiger partial charge in [-0.25, -0.2) is 9.97 Å². The molecule has 1 aliphatic heterocycles. The summed E-state index contributed by atoms with van der Waals surface area (Å²) < 4.78 is 37.6. The summed E-state index contributed by atoms with van der Waals surface area (Å²) in [7, 11) is 0. The molecule has 124 valence electrons. The molecule has 0 saturated carbocycles. The molecule has 0 aliphatic carbocycles. The van der Waals surface area contributed by atoms with Gasteiger partial charge in [-0.2, -0.15) is 13.2 Å². The lowest BCUT2D eigenvalue weighted by molar-refractivity contribution is -0.141. The standard InChI is InChI=1S/C14H21F3N4O/c1-10-3-6-21(7-4-10)9-11(22)8-19-13-18-5-2-12(20-13)14(15,16)17/h2,5,10-11,22H,3-4,6-9H2,1H3,(H,18,19,20)/t11-/m1/s1. The number of likely N-dealkylation sites (tertiary alicyclic amines) is 1. The minimum absolute atomic E-state index is 0.118. The van der Waals surface area contributed by atoms with Crippen LogP contribution in [-0.4, -0.2) is 52.3 Å². The second-order valence-electron chi connectivity index (χ2n) is 5.78. The van der Waals surface area contributed by atoms with Crippen molar-refractivity contribution in [3.05, 3.63) is 18.0 Å². The largest absolute Gasteiger partial charge is 0.433 e. The lowest BCUT2D eigenvalue weighted by Crippen LogP contribution is -2.40. The summed E-state index contributed by atoms with van der Waals surface area (Å²) in [6.07, 6.45) is -1.90. The quantitative estimate of drug-likeness (QED) is 0.869. The van der Waals surface area contributed by atoms with Gasteiger partial charge in [-0.1, -0.05) is 6.92 Å². The van der Waals surface area contributed by atoms with Gasteiger partial charge in [-0.15, -0.1) is 0 Å². The van der Waals surface area contributed by atoms with E-state index in [0.29, 0.717) is 12.5 Å². The van der Waals surface area contributed by atoms with Crippen molar-refractivity contribution >= 4 is 5.95 Å². The molecule has 2 rings (SSSR count). The Kier molecular flexibility index (Phi) is 5.57. The van der Waals surface area contributed by atoms with Crippen LogP contribution in [0.3, 0.4) is 0 Å². The van der Waals surface area contributed by atoms with E-state index in [4.69, 9.17) is 0 Å². The average molecular weight is 318 g/mol. The minimum atomic E-state index is -4.50. The Morgan fingerprint density at radius 1 is 1.41 bits per heavy atom. The summed E-state index contributed by atoms with van der Waals surface area (Å²) in [5.41, 5.74) is -0.996. The predicted molar refractivity (Wildman–Crippen MR) is 76.4 cm³/mol. The fraction of sp³-hybridized carbons (Fsp3) is 0.714. The van der Waals surface area contributed by atoms with Crippen LogP contribution in [0, 0.1) is 5.92 Å². The summed E-state index contributed by atoms with van der Waals surface area (Å²) in [4.78, 5) is 9.30. The Hall–Kier alpha value is -1.41. The van der Waals surface area contributed by atoms with E-state index in [2.05, 4.69) is 27.1 Å². The molecule has 1 atom stereocenters. The number of aliphatic hydroxyl groups excluding tert-OH is 1. The third kappa shape index (κ3) is 5.10. The van der Waals surface area contributed by atoms with Crippen molar-refractivity contribution in [3.8, 4) is 0 Å². The van der Waals surface area contributed by atoms with Crippen LogP contribution in [0.25, 0.3) is 0 Å². The minimum Gasteiger partial charge on any atom is -0.390 e. The highest BCUT2D eigenvalue weighted by atomic mass is 19.4. The number of hydrogen-bond acceptors (Lipinski definition) is 5. The zero-order chi connectivity index (χ0) is 16.2. The topological polar surface area (TPSA) is 61.3 Å². The van der Waals surface area contributed by atoms with Gasteiger partial charge in [0, 0.05) is 19.3 Å². The first-order valence-electron chi connectivity index (χ1n) is 7.39. The van der Waals surface area contributed by atoms with Gasteiger partial charge < -0.3 is 15.3 Å². The molecule has 1 saturated heterocycles. The van der Waals surface area contributed by atoms with Crippen molar-refractivity contribution in [3.63, 3.8) is 0 Å². The lowest BCUT2D eigenvalue weighted by Gasteiger charge is -2.31. The second-order valence-corrected chi connectivity index (χ2v) is 5.78. The van der Waals surface area contributed by atoms with E-state index in [1.54, 1.807) is 0 Å². The predicted octanol–water partition coefficient (Wildman–Crippen LogP) is 2.00. The van der Waals surface area contributed by atoms with Gasteiger partial charge in [0.05, 0.1) is 6.10 Å². The van der Waals surface area contributed by atoms with Crippen LogP contribution in [0.2, 0.25) is 0 Å². The first kappa shape index (κ1) is 17.0. The third-order valence-electron chi connectivity index (χ3n) is 3.79. The number of anilines is 1. The van der Waals surface area contributed by atoms with Crippen LogP contribution >= 0.6 is 0 Å². The fourth-order valence-electron chi connectivity index (χ4n) is 2.42. The van der Waals surface area contributed by atoms with Crippen molar-refractivity contribution in [2.24, 2.45) is 5.92 Å². The van der Waals surface area contributed by atoms with Crippen LogP contribution in [0.5, 0.6) is 0 Å². The van der Waals surface area contributed by atoms with Crippen molar-refractivity contribution in [2.75, 3.05) is 31.5 Å². The number of aromatic nitrogens is 2. The Labute approximate surface area is 127 Å². The number of nitrogens with one attached hydrogen (secondary N) is 1. The van der Waals surface area contributed by atoms with Crippen molar-refractivity contribution in [1.29, 1.82) is 0 Å². The Morgan fingerprint density at radius 3 is 2.73 bits per heavy atom. The molecule has 1 aromatic rings. The van der Waals surface area contributed by atoms with E-state index in [1.165, 1.54) is 0 Å². The second kappa shape index (κ2) is 7.23. The van der Waals surface area contributed by atoms with Gasteiger partial charge in [0.1, 0.15) is 5.69 Å². The zero-order valence-corrected chi connectivity index (χ0v) is 12.5. The molecule has 0 radical (unpaired) electrons. The monoisotopic (exact) mass is 318 g/mol. The molecule has 0 amide bonds. The van der Waals surface area contributed by atoms with Crippen molar-refractivity contribution in [2.45, 2.75) is 32.0 Å². The molecule has 0 aromatic carbocycles. The Morgan fingerprint density at radius 2 is 2.09 bits per heavy atom. The van der Waals surface area contributed by atoms with Gasteiger partial charge in [-0.3, -0.25) is 0 Å². The number of aliphatic hydroxyl groups is 1. The van der Waals surface area contributed by atoms with Crippen molar-refractivity contribution in [1.82, 2.24) is 14.9 Å². The smallest absolute Gasteiger partial charge is 0.390 e. The van der Waals surface area contributed by atoms with E-state index < -0.39 is 18.0 Å². The summed E-state index contributed by atoms with van der Waals surface area (Å²) in [6.45, 7) is 4.71. The first-order valence-corrected chi connectivity index (χ1v) is 7.39. The summed E-state index contributed by atoms with van der Waals surface area (Å²) >= 11 is 0. The first-order chi connectivity index (χ1) is 10.3. The Bertz CT molecular complexity index is 475. The molecule has 2 heterocycles. The van der Waals surface area contributed by atoms with Crippen molar-refractivity contribution < 1.29 is 18.3 Å². The highest BCUT2D eigenvalue weighted by Gasteiger charge is 2.32. The van der Waals surface area contributed by atoms with Crippen LogP contribution < -0.4 is 5.32 Å². The SMILES string of the molecule is CC1CCN(C[C@H](O)CNc2nccc(C(F)(F)F)n2)CC1. The number of halogens is 3. The van der Waals surface area contributed by atoms with E-state index in [-0.39, 0.29) is 12.5 Å². The molecule has 0 unspecified atom stereocenters. The molecular formula is C14H21F3N4O. The van der Waals surface area contributed by atoms with Gasteiger partial charge in [0.25, 0.3) is 0 Å². The maximum absolute atomic E-state index is 12.5. The molecule has 22 heavy (non-hydrogen) atoms. The normalized spacial score (nSPS) is 19.1. The number of piperidine rings is 1. The maximum Gasteiger partial charge on any atom is 0.433 e. The molecule has 5 nitrogen and oxygen atoms in total. The summed E-state index contributed by atoms with van der Waals surface area (Å²) in [5.74, 6) is 0.589. The molecule has 1 aromatic heterocycles. The van der Waals surface area contributed by atoms with E-state index in [1.807, 2.05) is 0 Å². The van der Waals surface area contributed by atoms with Gasteiger partial charge in [0.15, 0.2) is 0 Å². The molecule has 0 spiro atoms. The summed E-state index contributed by atoms with van der Waals surface area (Å²) in [5, 5.41) is 12.6. The highest BCUT2D eigenvalue weighted by Crippen LogP contribution is 2.27. The van der Waals surface area contributed by atoms with Crippen LogP contribution in [0.1, 0.15) is 25.5 Å². The number of rotatable bonds is 5. The van der Waals surface area contributed by atoms with Crippen LogP contribution in [0.15, 0.2) is 12.3 Å². The van der Waals surface area contributed by atoms with Crippen LogP contribution in [0.4, 0.5) is 19.1 Å². The fourth-order valence-corrected chi connectivity index (χ4v) is 2.42. The number of β-amino-alcohol motifs (C(OH)–C–C–N with tert-alkyl or cyclic N) is 1. The lowest BCUT2D eigenvalue weighted by atomic mass is 9.99. The zero-order valence-electron chi connectivity index (χ0n) is 12.5. The molecule has 0 bridgehead atoms. The third-order valence-corrected chi connectivity index (χ3v) is 3.79. The van der Waals surface area contributed by atoms with Gasteiger partial charge >= 0.3 is 6.18 Å². The molecule has 2 N–H and O–H groups in total. The maximum atomic E-state index is 12.5.